The predicted molar refractivity (Wildman–Crippen MR) is 58.8 cm³/mol. The molecule has 2 aromatic heterocycles. The lowest BCUT2D eigenvalue weighted by molar-refractivity contribution is 0.260. The zero-order valence-electron chi connectivity index (χ0n) is 9.55. The first kappa shape index (κ1) is 10.4. The van der Waals surface area contributed by atoms with Crippen LogP contribution in [0.5, 0.6) is 0 Å². The minimum Gasteiger partial charge on any atom is -0.337 e. The Balaban J connectivity index is 1.80. The Bertz CT molecular complexity index is 479. The molecule has 0 amide bonds. The second-order valence-corrected chi connectivity index (χ2v) is 4.43. The van der Waals surface area contributed by atoms with E-state index in [1.807, 2.05) is 0 Å². The number of aromatic amines is 1. The van der Waals surface area contributed by atoms with Crippen molar-refractivity contribution in [2.45, 2.75) is 25.8 Å². The van der Waals surface area contributed by atoms with Gasteiger partial charge in [0.15, 0.2) is 5.82 Å². The standard InChI is InChI=1S/C10H14N6O/c1-6-2-3-11-7(4-6)10-14-9(16-17-10)8-12-5-13-15-8/h5-7,11H,2-4H2,1H3,(H,12,13,15). The fourth-order valence-electron chi connectivity index (χ4n) is 2.08. The number of hydrogen-bond acceptors (Lipinski definition) is 6. The average molecular weight is 234 g/mol. The third-order valence-electron chi connectivity index (χ3n) is 3.03. The summed E-state index contributed by atoms with van der Waals surface area (Å²) >= 11 is 0. The molecular weight excluding hydrogens is 220 g/mol. The molecule has 2 atom stereocenters. The van der Waals surface area contributed by atoms with E-state index in [0.29, 0.717) is 23.5 Å². The molecule has 1 saturated heterocycles. The SMILES string of the molecule is CC1CCNC(c2nc(-c3ncn[nH]3)no2)C1. The minimum absolute atomic E-state index is 0.155. The summed E-state index contributed by atoms with van der Waals surface area (Å²) in [7, 11) is 0. The van der Waals surface area contributed by atoms with Crippen LogP contribution in [0.15, 0.2) is 10.9 Å². The van der Waals surface area contributed by atoms with E-state index < -0.39 is 0 Å². The van der Waals surface area contributed by atoms with E-state index in [1.54, 1.807) is 0 Å². The molecule has 7 heteroatoms. The molecule has 0 saturated carbocycles. The summed E-state index contributed by atoms with van der Waals surface area (Å²) in [5.74, 6) is 2.30. The average Bonchev–Trinajstić information content (AvgIpc) is 3.00. The third-order valence-corrected chi connectivity index (χ3v) is 3.03. The quantitative estimate of drug-likeness (QED) is 0.802. The molecule has 17 heavy (non-hydrogen) atoms. The van der Waals surface area contributed by atoms with Crippen LogP contribution in [0, 0.1) is 5.92 Å². The molecule has 1 fully saturated rings. The first-order chi connectivity index (χ1) is 8.33. The first-order valence-corrected chi connectivity index (χ1v) is 5.75. The van der Waals surface area contributed by atoms with Crippen molar-refractivity contribution in [2.24, 2.45) is 5.92 Å². The number of H-pyrrole nitrogens is 1. The molecule has 2 aromatic rings. The summed E-state index contributed by atoms with van der Waals surface area (Å²) < 4.78 is 5.26. The monoisotopic (exact) mass is 234 g/mol. The number of hydrogen-bond donors (Lipinski definition) is 2. The van der Waals surface area contributed by atoms with E-state index in [2.05, 4.69) is 37.6 Å². The van der Waals surface area contributed by atoms with Crippen LogP contribution in [-0.4, -0.2) is 31.9 Å². The zero-order chi connectivity index (χ0) is 11.7. The normalized spacial score (nSPS) is 25.0. The zero-order valence-corrected chi connectivity index (χ0v) is 9.55. The van der Waals surface area contributed by atoms with Gasteiger partial charge in [-0.25, -0.2) is 4.98 Å². The highest BCUT2D eigenvalue weighted by Gasteiger charge is 2.25. The second kappa shape index (κ2) is 4.25. The third kappa shape index (κ3) is 2.05. The van der Waals surface area contributed by atoms with Gasteiger partial charge in [0.1, 0.15) is 6.33 Å². The summed E-state index contributed by atoms with van der Waals surface area (Å²) in [5, 5.41) is 13.8. The van der Waals surface area contributed by atoms with Crippen LogP contribution in [-0.2, 0) is 0 Å². The maximum Gasteiger partial charge on any atom is 0.244 e. The van der Waals surface area contributed by atoms with Crippen LogP contribution >= 0.6 is 0 Å². The Morgan fingerprint density at radius 2 is 2.41 bits per heavy atom. The van der Waals surface area contributed by atoms with E-state index in [9.17, 15) is 0 Å². The molecular formula is C10H14N6O. The summed E-state index contributed by atoms with van der Waals surface area (Å²) in [6, 6.07) is 0.155. The van der Waals surface area contributed by atoms with Crippen LogP contribution in [0.2, 0.25) is 0 Å². The van der Waals surface area contributed by atoms with E-state index in [4.69, 9.17) is 4.52 Å². The highest BCUT2D eigenvalue weighted by molar-refractivity contribution is 5.39. The smallest absolute Gasteiger partial charge is 0.244 e. The van der Waals surface area contributed by atoms with E-state index in [1.165, 1.54) is 12.7 Å². The fourth-order valence-corrected chi connectivity index (χ4v) is 2.08. The Morgan fingerprint density at radius 3 is 3.18 bits per heavy atom. The van der Waals surface area contributed by atoms with Gasteiger partial charge in [-0.2, -0.15) is 10.1 Å². The highest BCUT2D eigenvalue weighted by Crippen LogP contribution is 2.26. The molecule has 7 nitrogen and oxygen atoms in total. The van der Waals surface area contributed by atoms with Crippen molar-refractivity contribution >= 4 is 0 Å². The Labute approximate surface area is 98.0 Å². The van der Waals surface area contributed by atoms with Gasteiger partial charge in [0.05, 0.1) is 6.04 Å². The van der Waals surface area contributed by atoms with Crippen molar-refractivity contribution in [3.8, 4) is 11.6 Å². The van der Waals surface area contributed by atoms with Crippen molar-refractivity contribution in [2.75, 3.05) is 6.54 Å². The van der Waals surface area contributed by atoms with Crippen LogP contribution in [0.25, 0.3) is 11.6 Å². The van der Waals surface area contributed by atoms with Gasteiger partial charge in [0.2, 0.25) is 11.7 Å². The lowest BCUT2D eigenvalue weighted by atomic mass is 9.94. The largest absolute Gasteiger partial charge is 0.337 e. The Hall–Kier alpha value is -1.76. The van der Waals surface area contributed by atoms with E-state index in [0.717, 1.165) is 13.0 Å². The van der Waals surface area contributed by atoms with Crippen LogP contribution in [0.4, 0.5) is 0 Å². The number of nitrogens with one attached hydrogen (secondary N) is 2. The van der Waals surface area contributed by atoms with Gasteiger partial charge >= 0.3 is 0 Å². The highest BCUT2D eigenvalue weighted by atomic mass is 16.5. The van der Waals surface area contributed by atoms with Gasteiger partial charge in [0, 0.05) is 0 Å². The predicted octanol–water partition coefficient (Wildman–Crippen LogP) is 0.915. The van der Waals surface area contributed by atoms with Gasteiger partial charge in [0.25, 0.3) is 0 Å². The topological polar surface area (TPSA) is 92.5 Å². The number of aromatic nitrogens is 5. The van der Waals surface area contributed by atoms with Gasteiger partial charge < -0.3 is 9.84 Å². The summed E-state index contributed by atoms with van der Waals surface area (Å²) in [5.41, 5.74) is 0. The second-order valence-electron chi connectivity index (χ2n) is 4.43. The minimum atomic E-state index is 0.155. The van der Waals surface area contributed by atoms with Crippen LogP contribution in [0.1, 0.15) is 31.7 Å². The summed E-state index contributed by atoms with van der Waals surface area (Å²) in [4.78, 5) is 8.32. The molecule has 3 heterocycles. The molecule has 2 N–H and O–H groups in total. The van der Waals surface area contributed by atoms with Crippen molar-refractivity contribution in [3.63, 3.8) is 0 Å². The first-order valence-electron chi connectivity index (χ1n) is 5.75. The lowest BCUT2D eigenvalue weighted by Crippen LogP contribution is -2.30. The van der Waals surface area contributed by atoms with Crippen molar-refractivity contribution < 1.29 is 4.52 Å². The van der Waals surface area contributed by atoms with Gasteiger partial charge in [-0.05, 0) is 25.3 Å². The summed E-state index contributed by atoms with van der Waals surface area (Å²) in [6.45, 7) is 3.23. The molecule has 0 radical (unpaired) electrons. The van der Waals surface area contributed by atoms with Crippen LogP contribution in [0.3, 0.4) is 0 Å². The molecule has 90 valence electrons. The maximum absolute atomic E-state index is 5.26. The maximum atomic E-state index is 5.26. The molecule has 0 bridgehead atoms. The van der Waals surface area contributed by atoms with Gasteiger partial charge in [-0.15, -0.1) is 0 Å². The fraction of sp³-hybridized carbons (Fsp3) is 0.600. The molecule has 1 aliphatic heterocycles. The number of nitrogens with zero attached hydrogens (tertiary/aromatic N) is 4. The number of piperidine rings is 1. The summed E-state index contributed by atoms with van der Waals surface area (Å²) in [6.07, 6.45) is 3.64. The molecule has 0 spiro atoms. The molecule has 3 rings (SSSR count). The van der Waals surface area contributed by atoms with Crippen LogP contribution < -0.4 is 5.32 Å². The molecule has 2 unspecified atom stereocenters. The Morgan fingerprint density at radius 1 is 1.47 bits per heavy atom. The van der Waals surface area contributed by atoms with E-state index in [-0.39, 0.29) is 6.04 Å². The van der Waals surface area contributed by atoms with Gasteiger partial charge in [-0.1, -0.05) is 12.1 Å². The Kier molecular flexibility index (Phi) is 2.60. The molecule has 1 aliphatic rings. The molecule has 0 aromatic carbocycles. The van der Waals surface area contributed by atoms with Crippen molar-refractivity contribution in [3.05, 3.63) is 12.2 Å². The number of rotatable bonds is 2. The van der Waals surface area contributed by atoms with Crippen molar-refractivity contribution in [1.82, 2.24) is 30.6 Å². The van der Waals surface area contributed by atoms with E-state index >= 15 is 0 Å². The van der Waals surface area contributed by atoms with Crippen molar-refractivity contribution in [1.29, 1.82) is 0 Å². The lowest BCUT2D eigenvalue weighted by Gasteiger charge is -2.25. The molecule has 0 aliphatic carbocycles. The van der Waals surface area contributed by atoms with Gasteiger partial charge in [-0.3, -0.25) is 5.10 Å².